The van der Waals surface area contributed by atoms with Crippen LogP contribution in [0.2, 0.25) is 0 Å². The van der Waals surface area contributed by atoms with Crippen molar-refractivity contribution in [3.8, 4) is 0 Å². The van der Waals surface area contributed by atoms with Gasteiger partial charge in [-0.05, 0) is 23.6 Å². The molecule has 2 heterocycles. The van der Waals surface area contributed by atoms with Gasteiger partial charge < -0.3 is 19.9 Å². The quantitative estimate of drug-likeness (QED) is 0.482. The maximum absolute atomic E-state index is 11.9. The first-order valence-electron chi connectivity index (χ1n) is 9.57. The Labute approximate surface area is 166 Å². The van der Waals surface area contributed by atoms with Crippen molar-refractivity contribution < 1.29 is 9.53 Å². The van der Waals surface area contributed by atoms with Gasteiger partial charge in [-0.2, -0.15) is 11.8 Å². The van der Waals surface area contributed by atoms with E-state index < -0.39 is 0 Å². The van der Waals surface area contributed by atoms with E-state index in [1.807, 2.05) is 11.8 Å². The van der Waals surface area contributed by atoms with E-state index in [1.165, 1.54) is 29.9 Å². The molecule has 3 rings (SSSR count). The van der Waals surface area contributed by atoms with Gasteiger partial charge in [0.25, 0.3) is 0 Å². The monoisotopic (exact) mass is 390 g/mol. The van der Waals surface area contributed by atoms with Crippen LogP contribution in [0.5, 0.6) is 0 Å². The molecule has 0 spiro atoms. The van der Waals surface area contributed by atoms with Gasteiger partial charge in [-0.25, -0.2) is 0 Å². The predicted molar refractivity (Wildman–Crippen MR) is 112 cm³/mol. The number of aliphatic imine (C=N–C) groups is 1. The predicted octanol–water partition coefficient (Wildman–Crippen LogP) is 2.06. The van der Waals surface area contributed by atoms with Crippen LogP contribution in [-0.4, -0.2) is 68.7 Å². The number of likely N-dealkylation sites (tertiary alicyclic amines) is 1. The van der Waals surface area contributed by atoms with Gasteiger partial charge >= 0.3 is 5.97 Å². The second kappa shape index (κ2) is 9.35. The Balaban J connectivity index is 1.54. The zero-order chi connectivity index (χ0) is 19.2. The van der Waals surface area contributed by atoms with Gasteiger partial charge in [0.05, 0.1) is 13.0 Å². The van der Waals surface area contributed by atoms with Gasteiger partial charge in [0.1, 0.15) is 0 Å². The first-order chi connectivity index (χ1) is 13.1. The zero-order valence-electron chi connectivity index (χ0n) is 16.5. The smallest absolute Gasteiger partial charge is 0.310 e. The zero-order valence-corrected chi connectivity index (χ0v) is 17.3. The number of nitrogens with zero attached hydrogens (tertiary/aromatic N) is 3. The second-order valence-electron chi connectivity index (χ2n) is 7.18. The number of carbonyl (C=O) groups is 1. The van der Waals surface area contributed by atoms with Crippen molar-refractivity contribution in [3.05, 3.63) is 29.8 Å². The lowest BCUT2D eigenvalue weighted by molar-refractivity contribution is -0.145. The molecule has 0 saturated carbocycles. The highest BCUT2D eigenvalue weighted by Gasteiger charge is 2.36. The average Bonchev–Trinajstić information content (AvgIpc) is 3.10. The number of nitrogens with one attached hydrogen (secondary N) is 1. The largest absolute Gasteiger partial charge is 0.469 e. The lowest BCUT2D eigenvalue weighted by atomic mass is 9.99. The topological polar surface area (TPSA) is 57.2 Å². The van der Waals surface area contributed by atoms with Gasteiger partial charge in [-0.15, -0.1) is 0 Å². The van der Waals surface area contributed by atoms with Crippen molar-refractivity contribution >= 4 is 29.4 Å². The molecule has 0 radical (unpaired) electrons. The van der Waals surface area contributed by atoms with Crippen molar-refractivity contribution in [2.24, 2.45) is 16.8 Å². The van der Waals surface area contributed by atoms with Crippen LogP contribution < -0.4 is 10.2 Å². The maximum atomic E-state index is 11.9. The molecule has 2 fully saturated rings. The fraction of sp³-hybridized carbons (Fsp3) is 0.600. The summed E-state index contributed by atoms with van der Waals surface area (Å²) in [4.78, 5) is 20.9. The van der Waals surface area contributed by atoms with E-state index in [-0.39, 0.29) is 17.8 Å². The molecule has 2 aliphatic heterocycles. The fourth-order valence-corrected chi connectivity index (χ4v) is 4.66. The van der Waals surface area contributed by atoms with E-state index >= 15 is 0 Å². The molecular weight excluding hydrogens is 360 g/mol. The summed E-state index contributed by atoms with van der Waals surface area (Å²) in [5.74, 6) is 3.30. The van der Waals surface area contributed by atoms with Gasteiger partial charge in [0.15, 0.2) is 5.96 Å². The van der Waals surface area contributed by atoms with E-state index in [1.54, 1.807) is 7.05 Å². The Morgan fingerprint density at radius 1 is 1.26 bits per heavy atom. The highest BCUT2D eigenvalue weighted by atomic mass is 32.2. The number of benzene rings is 1. The second-order valence-corrected chi connectivity index (χ2v) is 8.40. The normalized spacial score (nSPS) is 23.4. The number of ether oxygens (including phenoxy) is 1. The van der Waals surface area contributed by atoms with Crippen LogP contribution in [0.15, 0.2) is 29.3 Å². The van der Waals surface area contributed by atoms with Gasteiger partial charge in [0, 0.05) is 57.0 Å². The minimum atomic E-state index is -0.132. The van der Waals surface area contributed by atoms with Crippen molar-refractivity contribution in [2.45, 2.75) is 13.5 Å². The molecule has 7 heteroatoms. The molecule has 2 aliphatic rings. The Morgan fingerprint density at radius 3 is 2.59 bits per heavy atom. The number of guanidine groups is 1. The Morgan fingerprint density at radius 2 is 1.96 bits per heavy atom. The number of hydrogen-bond donors (Lipinski definition) is 1. The van der Waals surface area contributed by atoms with Crippen molar-refractivity contribution in [2.75, 3.05) is 56.7 Å². The SMILES string of the molecule is CN=C(NCc1ccc(N2CCSCC2)cc1)N1CC(C)C(C(=O)OC)C1. The molecular formula is C20H30N4O2S. The van der Waals surface area contributed by atoms with E-state index in [0.717, 1.165) is 32.1 Å². The van der Waals surface area contributed by atoms with Crippen LogP contribution in [0.25, 0.3) is 0 Å². The highest BCUT2D eigenvalue weighted by molar-refractivity contribution is 7.99. The molecule has 2 unspecified atom stereocenters. The summed E-state index contributed by atoms with van der Waals surface area (Å²) in [6, 6.07) is 8.78. The van der Waals surface area contributed by atoms with E-state index in [9.17, 15) is 4.79 Å². The molecule has 0 aliphatic carbocycles. The summed E-state index contributed by atoms with van der Waals surface area (Å²) in [7, 11) is 3.24. The molecule has 1 aromatic rings. The Kier molecular flexibility index (Phi) is 6.88. The van der Waals surface area contributed by atoms with Crippen molar-refractivity contribution in [3.63, 3.8) is 0 Å². The summed E-state index contributed by atoms with van der Waals surface area (Å²) in [5.41, 5.74) is 2.53. The number of esters is 1. The molecule has 6 nitrogen and oxygen atoms in total. The molecule has 148 valence electrons. The van der Waals surface area contributed by atoms with Crippen molar-refractivity contribution in [1.29, 1.82) is 0 Å². The Bertz CT molecular complexity index is 658. The number of hydrogen-bond acceptors (Lipinski definition) is 5. The summed E-state index contributed by atoms with van der Waals surface area (Å²) < 4.78 is 4.93. The summed E-state index contributed by atoms with van der Waals surface area (Å²) in [6.07, 6.45) is 0. The van der Waals surface area contributed by atoms with Gasteiger partial charge in [0.2, 0.25) is 0 Å². The standard InChI is InChI=1S/C20H30N4O2S/c1-15-13-24(14-18(15)19(25)26-3)20(21-2)22-12-16-4-6-17(7-5-16)23-8-10-27-11-9-23/h4-7,15,18H,8-14H2,1-3H3,(H,21,22). The number of carbonyl (C=O) groups excluding carboxylic acids is 1. The van der Waals surface area contributed by atoms with Crippen LogP contribution in [0.1, 0.15) is 12.5 Å². The van der Waals surface area contributed by atoms with Crippen LogP contribution in [0.3, 0.4) is 0 Å². The third-order valence-electron chi connectivity index (χ3n) is 5.39. The van der Waals surface area contributed by atoms with Gasteiger partial charge in [-0.3, -0.25) is 9.79 Å². The van der Waals surface area contributed by atoms with Crippen molar-refractivity contribution in [1.82, 2.24) is 10.2 Å². The van der Waals surface area contributed by atoms with E-state index in [4.69, 9.17) is 4.74 Å². The first-order valence-corrected chi connectivity index (χ1v) is 10.7. The molecule has 2 saturated heterocycles. The van der Waals surface area contributed by atoms with E-state index in [2.05, 4.69) is 51.3 Å². The minimum Gasteiger partial charge on any atom is -0.469 e. The molecule has 1 aromatic carbocycles. The molecule has 0 bridgehead atoms. The summed E-state index contributed by atoms with van der Waals surface area (Å²) in [5, 5.41) is 3.43. The summed E-state index contributed by atoms with van der Waals surface area (Å²) >= 11 is 2.03. The van der Waals surface area contributed by atoms with E-state index in [0.29, 0.717) is 6.54 Å². The third kappa shape index (κ3) is 4.89. The molecule has 0 amide bonds. The molecule has 0 aromatic heterocycles. The first kappa shape index (κ1) is 19.9. The minimum absolute atomic E-state index is 0.0875. The molecule has 27 heavy (non-hydrogen) atoms. The number of anilines is 1. The molecule has 1 N–H and O–H groups in total. The maximum Gasteiger partial charge on any atom is 0.310 e. The highest BCUT2D eigenvalue weighted by Crippen LogP contribution is 2.24. The Hall–Kier alpha value is -1.89. The summed E-state index contributed by atoms with van der Waals surface area (Å²) in [6.45, 7) is 6.53. The third-order valence-corrected chi connectivity index (χ3v) is 6.33. The van der Waals surface area contributed by atoms with Crippen LogP contribution in [0, 0.1) is 11.8 Å². The number of thioether (sulfide) groups is 1. The van der Waals surface area contributed by atoms with Gasteiger partial charge in [-0.1, -0.05) is 19.1 Å². The number of methoxy groups -OCH3 is 1. The van der Waals surface area contributed by atoms with Crippen LogP contribution >= 0.6 is 11.8 Å². The van der Waals surface area contributed by atoms with Crippen LogP contribution in [-0.2, 0) is 16.1 Å². The lowest BCUT2D eigenvalue weighted by Gasteiger charge is -2.28. The molecule has 2 atom stereocenters. The lowest BCUT2D eigenvalue weighted by Crippen LogP contribution is -2.40. The fourth-order valence-electron chi connectivity index (χ4n) is 3.76. The number of rotatable bonds is 4. The average molecular weight is 391 g/mol. The van der Waals surface area contributed by atoms with Crippen LogP contribution in [0.4, 0.5) is 5.69 Å².